The van der Waals surface area contributed by atoms with Crippen molar-refractivity contribution in [1.29, 1.82) is 0 Å². The molecule has 0 bridgehead atoms. The lowest BCUT2D eigenvalue weighted by Gasteiger charge is -2.18. The van der Waals surface area contributed by atoms with Crippen LogP contribution < -0.4 is 0 Å². The molecular weight excluding hydrogens is 793 g/mol. The zero-order chi connectivity index (χ0) is 46.5. The molecule has 0 aliphatic carbocycles. The van der Waals surface area contributed by atoms with Gasteiger partial charge in [-0.15, -0.1) is 0 Å². The lowest BCUT2D eigenvalue weighted by molar-refractivity contribution is -0.167. The van der Waals surface area contributed by atoms with Crippen LogP contribution in [0.5, 0.6) is 0 Å². The summed E-state index contributed by atoms with van der Waals surface area (Å²) in [6.07, 6.45) is 62.7. The predicted molar refractivity (Wildman–Crippen MR) is 275 cm³/mol. The fourth-order valence-electron chi connectivity index (χ4n) is 8.12. The number of carbonyl (C=O) groups is 3. The summed E-state index contributed by atoms with van der Waals surface area (Å²) in [7, 11) is 0. The van der Waals surface area contributed by atoms with Gasteiger partial charge in [0.05, 0.1) is 0 Å². The van der Waals surface area contributed by atoms with Gasteiger partial charge in [0.25, 0.3) is 0 Å². The van der Waals surface area contributed by atoms with Crippen LogP contribution in [0, 0.1) is 0 Å². The highest BCUT2D eigenvalue weighted by Crippen LogP contribution is 2.16. The maximum Gasteiger partial charge on any atom is 0.306 e. The molecule has 6 nitrogen and oxygen atoms in total. The van der Waals surface area contributed by atoms with Gasteiger partial charge >= 0.3 is 17.9 Å². The van der Waals surface area contributed by atoms with Gasteiger partial charge in [-0.25, -0.2) is 0 Å². The van der Waals surface area contributed by atoms with E-state index >= 15 is 0 Å². The highest BCUT2D eigenvalue weighted by Gasteiger charge is 2.19. The molecule has 1 unspecified atom stereocenters. The second-order valence-electron chi connectivity index (χ2n) is 18.8. The molecule has 0 heterocycles. The Bertz CT molecular complexity index is 1080. The maximum absolute atomic E-state index is 12.8. The summed E-state index contributed by atoms with van der Waals surface area (Å²) in [6, 6.07) is 0. The number of hydrogen-bond acceptors (Lipinski definition) is 6. The standard InChI is InChI=1S/C58H106O6/c1-4-7-10-13-16-19-22-24-26-28-30-31-33-36-39-42-45-48-51-57(60)63-54-55(53-62-56(59)50-47-44-41-38-35-21-18-15-12-9-6-3)64-58(61)52-49-46-43-40-37-34-32-29-27-25-23-20-17-14-11-8-5-2/h17,20,25-28,55H,4-16,18-19,21-24,29-54H2,1-3H3/b20-17-,27-25-,28-26-. The first-order valence-corrected chi connectivity index (χ1v) is 28.0. The van der Waals surface area contributed by atoms with E-state index in [0.29, 0.717) is 19.3 Å². The van der Waals surface area contributed by atoms with Gasteiger partial charge < -0.3 is 14.2 Å². The number of carbonyl (C=O) groups excluding carboxylic acids is 3. The fraction of sp³-hybridized carbons (Fsp3) is 0.845. The molecule has 0 saturated carbocycles. The Hall–Kier alpha value is -2.37. The fourth-order valence-corrected chi connectivity index (χ4v) is 8.12. The number of hydrogen-bond donors (Lipinski definition) is 0. The Morgan fingerprint density at radius 2 is 0.562 bits per heavy atom. The van der Waals surface area contributed by atoms with Crippen LogP contribution in [0.4, 0.5) is 0 Å². The molecule has 0 aliphatic rings. The number of unbranched alkanes of at least 4 members (excludes halogenated alkanes) is 34. The molecular formula is C58H106O6. The van der Waals surface area contributed by atoms with Crippen LogP contribution in [0.15, 0.2) is 36.5 Å². The SMILES string of the molecule is CCCCC/C=C\C/C=C\CCCCCCCCCC(=O)OC(COC(=O)CCCCCCCCC/C=C\CCCCCCCCC)COC(=O)CCCCCCCCCCCCC. The van der Waals surface area contributed by atoms with Gasteiger partial charge in [-0.1, -0.05) is 237 Å². The van der Waals surface area contributed by atoms with Gasteiger partial charge in [0, 0.05) is 19.3 Å². The average molecular weight is 899 g/mol. The van der Waals surface area contributed by atoms with Crippen molar-refractivity contribution < 1.29 is 28.6 Å². The minimum Gasteiger partial charge on any atom is -0.462 e. The minimum absolute atomic E-state index is 0.0736. The van der Waals surface area contributed by atoms with Crippen molar-refractivity contribution in [1.82, 2.24) is 0 Å². The summed E-state index contributed by atoms with van der Waals surface area (Å²) in [5.41, 5.74) is 0. The normalized spacial score (nSPS) is 12.2. The van der Waals surface area contributed by atoms with Crippen molar-refractivity contribution in [2.75, 3.05) is 13.2 Å². The smallest absolute Gasteiger partial charge is 0.306 e. The van der Waals surface area contributed by atoms with Crippen LogP contribution in [0.1, 0.15) is 297 Å². The first kappa shape index (κ1) is 61.6. The van der Waals surface area contributed by atoms with Gasteiger partial charge in [0.1, 0.15) is 13.2 Å². The van der Waals surface area contributed by atoms with Crippen LogP contribution in [0.2, 0.25) is 0 Å². The minimum atomic E-state index is -0.774. The molecule has 0 aromatic rings. The molecule has 0 spiro atoms. The van der Waals surface area contributed by atoms with E-state index < -0.39 is 6.10 Å². The summed E-state index contributed by atoms with van der Waals surface area (Å²) >= 11 is 0. The second-order valence-corrected chi connectivity index (χ2v) is 18.8. The molecule has 0 rings (SSSR count). The van der Waals surface area contributed by atoms with Crippen molar-refractivity contribution in [3.05, 3.63) is 36.5 Å². The van der Waals surface area contributed by atoms with E-state index in [1.807, 2.05) is 0 Å². The van der Waals surface area contributed by atoms with Gasteiger partial charge in [0.15, 0.2) is 6.10 Å². The molecule has 0 fully saturated rings. The maximum atomic E-state index is 12.8. The lowest BCUT2D eigenvalue weighted by Crippen LogP contribution is -2.30. The van der Waals surface area contributed by atoms with E-state index in [1.54, 1.807) is 0 Å². The zero-order valence-corrected chi connectivity index (χ0v) is 42.8. The van der Waals surface area contributed by atoms with Gasteiger partial charge in [-0.05, 0) is 77.0 Å². The summed E-state index contributed by atoms with van der Waals surface area (Å²) in [5.74, 6) is -0.873. The van der Waals surface area contributed by atoms with Crippen molar-refractivity contribution in [2.24, 2.45) is 0 Å². The third kappa shape index (κ3) is 50.6. The number of allylic oxidation sites excluding steroid dienone is 6. The molecule has 0 amide bonds. The van der Waals surface area contributed by atoms with Crippen LogP contribution in [0.3, 0.4) is 0 Å². The monoisotopic (exact) mass is 899 g/mol. The van der Waals surface area contributed by atoms with E-state index in [9.17, 15) is 14.4 Å². The topological polar surface area (TPSA) is 78.9 Å². The summed E-state index contributed by atoms with van der Waals surface area (Å²) < 4.78 is 16.8. The Balaban J connectivity index is 4.33. The Morgan fingerprint density at radius 1 is 0.312 bits per heavy atom. The van der Waals surface area contributed by atoms with Crippen LogP contribution in [0.25, 0.3) is 0 Å². The average Bonchev–Trinajstić information content (AvgIpc) is 3.29. The Morgan fingerprint density at radius 3 is 0.906 bits per heavy atom. The molecule has 0 aromatic carbocycles. The number of rotatable bonds is 51. The zero-order valence-electron chi connectivity index (χ0n) is 42.8. The summed E-state index contributed by atoms with van der Waals surface area (Å²) in [6.45, 7) is 6.63. The second kappa shape index (κ2) is 53.2. The highest BCUT2D eigenvalue weighted by molar-refractivity contribution is 5.71. The Kier molecular flexibility index (Phi) is 51.3. The molecule has 374 valence electrons. The highest BCUT2D eigenvalue weighted by atomic mass is 16.6. The first-order valence-electron chi connectivity index (χ1n) is 28.0. The molecule has 0 aromatic heterocycles. The lowest BCUT2D eigenvalue weighted by atomic mass is 10.1. The van der Waals surface area contributed by atoms with E-state index in [-0.39, 0.29) is 31.1 Å². The number of ether oxygens (including phenoxy) is 3. The molecule has 0 saturated heterocycles. The molecule has 6 heteroatoms. The third-order valence-electron chi connectivity index (χ3n) is 12.4. The van der Waals surface area contributed by atoms with Gasteiger partial charge in [-0.2, -0.15) is 0 Å². The van der Waals surface area contributed by atoms with E-state index in [0.717, 1.165) is 70.6 Å². The van der Waals surface area contributed by atoms with Crippen molar-refractivity contribution in [3.63, 3.8) is 0 Å². The van der Waals surface area contributed by atoms with Crippen molar-refractivity contribution in [3.8, 4) is 0 Å². The van der Waals surface area contributed by atoms with Crippen LogP contribution in [-0.2, 0) is 28.6 Å². The number of esters is 3. The predicted octanol–water partition coefficient (Wildman–Crippen LogP) is 18.5. The molecule has 0 radical (unpaired) electrons. The van der Waals surface area contributed by atoms with E-state index in [2.05, 4.69) is 57.2 Å². The van der Waals surface area contributed by atoms with Crippen molar-refractivity contribution in [2.45, 2.75) is 303 Å². The van der Waals surface area contributed by atoms with E-state index in [1.165, 1.54) is 186 Å². The van der Waals surface area contributed by atoms with Crippen LogP contribution in [-0.4, -0.2) is 37.2 Å². The van der Waals surface area contributed by atoms with Gasteiger partial charge in [0.2, 0.25) is 0 Å². The summed E-state index contributed by atoms with van der Waals surface area (Å²) in [5, 5.41) is 0. The molecule has 64 heavy (non-hydrogen) atoms. The largest absolute Gasteiger partial charge is 0.462 e. The van der Waals surface area contributed by atoms with Crippen LogP contribution >= 0.6 is 0 Å². The van der Waals surface area contributed by atoms with Crippen molar-refractivity contribution >= 4 is 17.9 Å². The molecule has 1 atom stereocenters. The third-order valence-corrected chi connectivity index (χ3v) is 12.4. The Labute approximate surface area is 397 Å². The van der Waals surface area contributed by atoms with Gasteiger partial charge in [-0.3, -0.25) is 14.4 Å². The van der Waals surface area contributed by atoms with E-state index in [4.69, 9.17) is 14.2 Å². The quantitative estimate of drug-likeness (QED) is 0.0262. The summed E-state index contributed by atoms with van der Waals surface area (Å²) in [4.78, 5) is 38.0. The molecule has 0 aliphatic heterocycles. The molecule has 0 N–H and O–H groups in total. The first-order chi connectivity index (χ1) is 31.5.